The molecule has 58 valence electrons. The van der Waals surface area contributed by atoms with Crippen LogP contribution in [0.4, 0.5) is 11.5 Å². The zero-order chi connectivity index (χ0) is 8.27. The first-order chi connectivity index (χ1) is 5.29. The van der Waals surface area contributed by atoms with Crippen molar-refractivity contribution in [1.82, 2.24) is 9.78 Å². The lowest BCUT2D eigenvalue weighted by atomic mass is 10.5. The Labute approximate surface area is 65.3 Å². The molecule has 0 atom stereocenters. The molecule has 0 aromatic carbocycles. The molecule has 0 amide bonds. The Bertz CT molecular complexity index is 285. The molecule has 0 aliphatic carbocycles. The Kier molecular flexibility index (Phi) is 2.15. The maximum Gasteiger partial charge on any atom is 0.176 e. The first-order valence-corrected chi connectivity index (χ1v) is 3.27. The van der Waals surface area contributed by atoms with Gasteiger partial charge in [-0.1, -0.05) is 0 Å². The van der Waals surface area contributed by atoms with Crippen LogP contribution in [-0.2, 0) is 7.05 Å². The molecule has 1 aromatic rings. The van der Waals surface area contributed by atoms with E-state index in [0.717, 1.165) is 5.82 Å². The smallest absolute Gasteiger partial charge is 0.176 e. The van der Waals surface area contributed by atoms with Crippen LogP contribution in [0.25, 0.3) is 0 Å². The normalized spacial score (nSPS) is 10.7. The number of nitrogens with zero attached hydrogens (tertiary/aromatic N) is 4. The minimum absolute atomic E-state index is 0.714. The monoisotopic (exact) mass is 150 g/mol. The van der Waals surface area contributed by atoms with Crippen LogP contribution in [0.2, 0.25) is 0 Å². The summed E-state index contributed by atoms with van der Waals surface area (Å²) in [6, 6.07) is 0. The number of hydrogen-bond donors (Lipinski definition) is 0. The van der Waals surface area contributed by atoms with Crippen molar-refractivity contribution in [3.63, 3.8) is 0 Å². The van der Waals surface area contributed by atoms with Gasteiger partial charge in [-0.25, -0.2) is 9.67 Å². The second-order valence-corrected chi connectivity index (χ2v) is 2.02. The second kappa shape index (κ2) is 3.09. The average molecular weight is 150 g/mol. The summed E-state index contributed by atoms with van der Waals surface area (Å²) in [5.74, 6) is 0.738. The molecule has 0 saturated heterocycles. The van der Waals surface area contributed by atoms with Gasteiger partial charge in [0.15, 0.2) is 5.82 Å². The zero-order valence-corrected chi connectivity index (χ0v) is 6.65. The Balaban J connectivity index is 3.17. The van der Waals surface area contributed by atoms with Gasteiger partial charge in [-0.3, -0.25) is 4.99 Å². The van der Waals surface area contributed by atoms with Crippen molar-refractivity contribution in [2.45, 2.75) is 6.92 Å². The van der Waals surface area contributed by atoms with Crippen molar-refractivity contribution in [1.29, 1.82) is 0 Å². The van der Waals surface area contributed by atoms with E-state index in [4.69, 9.17) is 0 Å². The molecule has 4 heteroatoms. The summed E-state index contributed by atoms with van der Waals surface area (Å²) in [7, 11) is 1.82. The predicted molar refractivity (Wildman–Crippen MR) is 46.2 cm³/mol. The van der Waals surface area contributed by atoms with E-state index >= 15 is 0 Å². The third-order valence-corrected chi connectivity index (χ3v) is 1.31. The molecule has 1 rings (SSSR count). The largest absolute Gasteiger partial charge is 0.259 e. The minimum atomic E-state index is 0.714. The molecule has 0 fully saturated rings. The van der Waals surface area contributed by atoms with Crippen LogP contribution in [0, 0.1) is 0 Å². The molecule has 0 aliphatic rings. The van der Waals surface area contributed by atoms with Gasteiger partial charge in [-0.2, -0.15) is 5.10 Å². The number of aryl methyl sites for hydroxylation is 1. The highest BCUT2D eigenvalue weighted by Crippen LogP contribution is 2.25. The first-order valence-electron chi connectivity index (χ1n) is 3.27. The fraction of sp³-hybridized carbons (Fsp3) is 0.286. The van der Waals surface area contributed by atoms with E-state index in [9.17, 15) is 0 Å². The van der Waals surface area contributed by atoms with Gasteiger partial charge in [0.1, 0.15) is 5.69 Å². The Morgan fingerprint density at radius 1 is 1.73 bits per heavy atom. The molecule has 1 heterocycles. The summed E-state index contributed by atoms with van der Waals surface area (Å²) in [5, 5.41) is 3.98. The van der Waals surface area contributed by atoms with E-state index in [2.05, 4.69) is 21.8 Å². The maximum absolute atomic E-state index is 4.08. The summed E-state index contributed by atoms with van der Waals surface area (Å²) >= 11 is 0. The molecule has 4 nitrogen and oxygen atoms in total. The van der Waals surface area contributed by atoms with Crippen LogP contribution >= 0.6 is 0 Å². The van der Waals surface area contributed by atoms with E-state index in [1.165, 1.54) is 0 Å². The van der Waals surface area contributed by atoms with Gasteiger partial charge in [0.05, 0.1) is 6.20 Å². The van der Waals surface area contributed by atoms with Gasteiger partial charge in [-0.15, -0.1) is 0 Å². The van der Waals surface area contributed by atoms with Crippen molar-refractivity contribution in [3.05, 3.63) is 6.20 Å². The highest BCUT2D eigenvalue weighted by molar-refractivity contribution is 5.67. The lowest BCUT2D eigenvalue weighted by Gasteiger charge is -1.93. The van der Waals surface area contributed by atoms with Crippen LogP contribution in [0.3, 0.4) is 0 Å². The van der Waals surface area contributed by atoms with Gasteiger partial charge in [0, 0.05) is 13.3 Å². The molecule has 0 saturated carbocycles. The molecule has 1 aromatic heterocycles. The van der Waals surface area contributed by atoms with E-state index in [1.807, 2.05) is 14.0 Å². The van der Waals surface area contributed by atoms with E-state index in [1.54, 1.807) is 17.1 Å². The summed E-state index contributed by atoms with van der Waals surface area (Å²) in [4.78, 5) is 7.84. The summed E-state index contributed by atoms with van der Waals surface area (Å²) in [6.07, 6.45) is 3.33. The average Bonchev–Trinajstić information content (AvgIpc) is 2.34. The second-order valence-electron chi connectivity index (χ2n) is 2.02. The van der Waals surface area contributed by atoms with Gasteiger partial charge < -0.3 is 0 Å². The molecular weight excluding hydrogens is 140 g/mol. The fourth-order valence-corrected chi connectivity index (χ4v) is 0.803. The third kappa shape index (κ3) is 1.34. The fourth-order valence-electron chi connectivity index (χ4n) is 0.803. The number of aliphatic imine (C=N–C) groups is 2. The highest BCUT2D eigenvalue weighted by atomic mass is 15.3. The summed E-state index contributed by atoms with van der Waals surface area (Å²) in [6.45, 7) is 5.26. The first kappa shape index (κ1) is 7.65. The van der Waals surface area contributed by atoms with Crippen LogP contribution in [0.15, 0.2) is 16.2 Å². The van der Waals surface area contributed by atoms with Gasteiger partial charge >= 0.3 is 0 Å². The minimum Gasteiger partial charge on any atom is -0.259 e. The topological polar surface area (TPSA) is 42.5 Å². The molecule has 0 spiro atoms. The Morgan fingerprint density at radius 3 is 3.00 bits per heavy atom. The van der Waals surface area contributed by atoms with Crippen molar-refractivity contribution in [3.8, 4) is 0 Å². The molecule has 11 heavy (non-hydrogen) atoms. The van der Waals surface area contributed by atoms with Crippen LogP contribution in [0.1, 0.15) is 6.92 Å². The molecule has 0 N–H and O–H groups in total. The number of aromatic nitrogens is 2. The SMILES string of the molecule is C=Nc1cnn(C)c1N=CC. The molecule has 0 aliphatic heterocycles. The molecule has 0 unspecified atom stereocenters. The molecule has 0 radical (unpaired) electrons. The van der Waals surface area contributed by atoms with E-state index in [-0.39, 0.29) is 0 Å². The predicted octanol–water partition coefficient (Wildman–Crippen LogP) is 1.47. The lowest BCUT2D eigenvalue weighted by molar-refractivity contribution is 0.771. The van der Waals surface area contributed by atoms with E-state index in [0.29, 0.717) is 5.69 Å². The van der Waals surface area contributed by atoms with Gasteiger partial charge in [0.25, 0.3) is 0 Å². The lowest BCUT2D eigenvalue weighted by Crippen LogP contribution is -1.87. The van der Waals surface area contributed by atoms with Crippen LogP contribution in [0.5, 0.6) is 0 Å². The third-order valence-electron chi connectivity index (χ3n) is 1.31. The number of rotatable bonds is 2. The summed E-state index contributed by atoms with van der Waals surface area (Å²) in [5.41, 5.74) is 0.714. The standard InChI is InChI=1S/C7H10N4/c1-4-9-7-6(8-2)5-10-11(7)3/h4-5H,2H2,1,3H3. The number of hydrogen-bond acceptors (Lipinski definition) is 3. The molecular formula is C7H10N4. The Hall–Kier alpha value is -1.45. The van der Waals surface area contributed by atoms with E-state index < -0.39 is 0 Å². The van der Waals surface area contributed by atoms with Crippen molar-refractivity contribution in [2.24, 2.45) is 17.0 Å². The zero-order valence-electron chi connectivity index (χ0n) is 6.65. The van der Waals surface area contributed by atoms with Crippen LogP contribution in [-0.4, -0.2) is 22.7 Å². The Morgan fingerprint density at radius 2 is 2.45 bits per heavy atom. The van der Waals surface area contributed by atoms with Crippen molar-refractivity contribution in [2.75, 3.05) is 0 Å². The van der Waals surface area contributed by atoms with Gasteiger partial charge in [-0.05, 0) is 13.6 Å². The maximum atomic E-state index is 4.08. The molecule has 0 bridgehead atoms. The van der Waals surface area contributed by atoms with Crippen molar-refractivity contribution < 1.29 is 0 Å². The van der Waals surface area contributed by atoms with Gasteiger partial charge in [0.2, 0.25) is 0 Å². The quantitative estimate of drug-likeness (QED) is 0.589. The van der Waals surface area contributed by atoms with Crippen molar-refractivity contribution >= 4 is 24.4 Å². The highest BCUT2D eigenvalue weighted by Gasteiger charge is 2.02. The summed E-state index contributed by atoms with van der Waals surface area (Å²) < 4.78 is 1.66. The van der Waals surface area contributed by atoms with Crippen LogP contribution < -0.4 is 0 Å².